The number of hydrogen-bond acceptors (Lipinski definition) is 7. The highest BCUT2D eigenvalue weighted by Gasteiger charge is 2.26. The molecule has 1 amide bonds. The molecule has 0 aliphatic rings. The lowest BCUT2D eigenvalue weighted by molar-refractivity contribution is 0.0964. The van der Waals surface area contributed by atoms with E-state index in [1.807, 2.05) is 13.0 Å². The molecule has 0 fully saturated rings. The minimum Gasteiger partial charge on any atom is -0.455 e. The summed E-state index contributed by atoms with van der Waals surface area (Å²) in [6, 6.07) is 17.8. The molecule has 3 heterocycles. The number of imidazole rings is 1. The summed E-state index contributed by atoms with van der Waals surface area (Å²) in [4.78, 5) is 25.4. The summed E-state index contributed by atoms with van der Waals surface area (Å²) in [7, 11) is -0.867. The minimum atomic E-state index is -3.76. The molecule has 0 saturated heterocycles. The summed E-state index contributed by atoms with van der Waals surface area (Å²) in [5.41, 5.74) is 5.19. The molecule has 0 saturated carbocycles. The van der Waals surface area contributed by atoms with E-state index in [0.29, 0.717) is 44.7 Å². The van der Waals surface area contributed by atoms with E-state index >= 15 is 0 Å². The summed E-state index contributed by atoms with van der Waals surface area (Å²) >= 11 is 0. The third-order valence-electron chi connectivity index (χ3n) is 7.45. The molecule has 2 N–H and O–H groups in total. The number of nitrogens with zero attached hydrogens (tertiary/aromatic N) is 4. The van der Waals surface area contributed by atoms with Crippen molar-refractivity contribution in [2.45, 2.75) is 6.92 Å². The molecular formula is C32H25FN6O4S. The van der Waals surface area contributed by atoms with Gasteiger partial charge in [-0.2, -0.15) is 5.26 Å². The SMILES string of the molecule is CNC(=O)c1c(-c2ccc(F)cc2)oc2cc(N(C)S(C)(=O)=O)c(-c3cc(C#N)cc(-c4nc5nccc(C)c5[nH]4)c3)cc12. The van der Waals surface area contributed by atoms with Crippen LogP contribution in [0, 0.1) is 24.1 Å². The Labute approximate surface area is 251 Å². The third-order valence-corrected chi connectivity index (χ3v) is 8.64. The molecule has 0 aliphatic heterocycles. The molecule has 0 spiro atoms. The normalized spacial score (nSPS) is 11.5. The Morgan fingerprint density at radius 2 is 1.80 bits per heavy atom. The van der Waals surface area contributed by atoms with Crippen molar-refractivity contribution in [3.63, 3.8) is 0 Å². The van der Waals surface area contributed by atoms with Crippen LogP contribution in [0.25, 0.3) is 56.0 Å². The van der Waals surface area contributed by atoms with Crippen molar-refractivity contribution in [1.29, 1.82) is 5.26 Å². The molecule has 6 aromatic rings. The lowest BCUT2D eigenvalue weighted by atomic mass is 9.95. The molecule has 3 aromatic carbocycles. The summed E-state index contributed by atoms with van der Waals surface area (Å²) in [6.45, 7) is 1.93. The zero-order chi connectivity index (χ0) is 31.3. The topological polar surface area (TPSA) is 145 Å². The lowest BCUT2D eigenvalue weighted by Gasteiger charge is -2.21. The number of fused-ring (bicyclic) bond motifs is 2. The van der Waals surface area contributed by atoms with Gasteiger partial charge in [-0.15, -0.1) is 0 Å². The number of aromatic nitrogens is 3. The maximum atomic E-state index is 13.7. The maximum absolute atomic E-state index is 13.7. The van der Waals surface area contributed by atoms with Crippen LogP contribution in [0.15, 0.2) is 71.3 Å². The molecule has 0 unspecified atom stereocenters. The van der Waals surface area contributed by atoms with Crippen LogP contribution in [0.2, 0.25) is 0 Å². The number of H-pyrrole nitrogens is 1. The van der Waals surface area contributed by atoms with Gasteiger partial charge in [0.2, 0.25) is 10.0 Å². The highest BCUT2D eigenvalue weighted by molar-refractivity contribution is 7.92. The number of amides is 1. The van der Waals surface area contributed by atoms with Crippen LogP contribution in [-0.4, -0.2) is 49.6 Å². The van der Waals surface area contributed by atoms with E-state index in [-0.39, 0.29) is 22.6 Å². The monoisotopic (exact) mass is 608 g/mol. The smallest absolute Gasteiger partial charge is 0.255 e. The van der Waals surface area contributed by atoms with Gasteiger partial charge in [-0.3, -0.25) is 9.10 Å². The van der Waals surface area contributed by atoms with Gasteiger partial charge in [0, 0.05) is 48.4 Å². The highest BCUT2D eigenvalue weighted by Crippen LogP contribution is 2.42. The fraction of sp³-hybridized carbons (Fsp3) is 0.125. The number of aromatic amines is 1. The first kappa shape index (κ1) is 28.6. The van der Waals surface area contributed by atoms with Gasteiger partial charge < -0.3 is 14.7 Å². The zero-order valence-electron chi connectivity index (χ0n) is 24.1. The van der Waals surface area contributed by atoms with Crippen LogP contribution < -0.4 is 9.62 Å². The number of rotatable bonds is 6. The quantitative estimate of drug-likeness (QED) is 0.244. The third kappa shape index (κ3) is 4.93. The lowest BCUT2D eigenvalue weighted by Crippen LogP contribution is -2.25. The van der Waals surface area contributed by atoms with E-state index in [1.165, 1.54) is 38.4 Å². The number of anilines is 1. The molecule has 12 heteroatoms. The number of carbonyl (C=O) groups is 1. The largest absolute Gasteiger partial charge is 0.455 e. The molecule has 3 aromatic heterocycles. The van der Waals surface area contributed by atoms with Crippen LogP contribution in [0.1, 0.15) is 21.5 Å². The Balaban J connectivity index is 1.65. The van der Waals surface area contributed by atoms with E-state index in [0.717, 1.165) is 21.6 Å². The highest BCUT2D eigenvalue weighted by atomic mass is 32.2. The second-order valence-corrected chi connectivity index (χ2v) is 12.3. The summed E-state index contributed by atoms with van der Waals surface area (Å²) in [5, 5.41) is 13.0. The van der Waals surface area contributed by atoms with Crippen molar-refractivity contribution in [3.05, 3.63) is 89.4 Å². The van der Waals surface area contributed by atoms with Crippen LogP contribution in [0.4, 0.5) is 10.1 Å². The number of nitriles is 1. The molecule has 0 aliphatic carbocycles. The second kappa shape index (κ2) is 10.6. The van der Waals surface area contributed by atoms with Gasteiger partial charge >= 0.3 is 0 Å². The first-order chi connectivity index (χ1) is 21.0. The van der Waals surface area contributed by atoms with Crippen LogP contribution in [-0.2, 0) is 10.0 Å². The molecule has 10 nitrogen and oxygen atoms in total. The molecule has 220 valence electrons. The van der Waals surface area contributed by atoms with Crippen LogP contribution in [0.3, 0.4) is 0 Å². The fourth-order valence-corrected chi connectivity index (χ4v) is 5.62. The Morgan fingerprint density at radius 3 is 2.45 bits per heavy atom. The standard InChI is InChI=1S/C32H25FN6O4S/c1-17-9-10-36-31-28(17)37-30(38-31)21-12-18(16-34)11-20(13-21)23-14-24-26(15-25(23)39(3)44(4,41)42)43-29(27(24)32(40)35-2)19-5-7-22(33)8-6-19/h5-15H,1-4H3,(H,35,40)(H,36,37,38). The predicted octanol–water partition coefficient (Wildman–Crippen LogP) is 5.78. The number of carbonyl (C=O) groups excluding carboxylic acids is 1. The van der Waals surface area contributed by atoms with Crippen molar-refractivity contribution < 1.29 is 22.0 Å². The van der Waals surface area contributed by atoms with Gasteiger partial charge in [0.15, 0.2) is 5.65 Å². The molecule has 0 atom stereocenters. The van der Waals surface area contributed by atoms with Gasteiger partial charge in [-0.25, -0.2) is 22.8 Å². The van der Waals surface area contributed by atoms with Gasteiger partial charge in [0.05, 0.1) is 34.7 Å². The Kier molecular flexibility index (Phi) is 6.90. The van der Waals surface area contributed by atoms with Crippen molar-refractivity contribution in [2.75, 3.05) is 24.7 Å². The Morgan fingerprint density at radius 1 is 1.07 bits per heavy atom. The molecule has 44 heavy (non-hydrogen) atoms. The molecule has 0 bridgehead atoms. The van der Waals surface area contributed by atoms with Gasteiger partial charge in [-0.05, 0) is 72.6 Å². The average molecular weight is 609 g/mol. The van der Waals surface area contributed by atoms with Gasteiger partial charge in [0.1, 0.15) is 23.0 Å². The van der Waals surface area contributed by atoms with E-state index in [1.54, 1.807) is 36.5 Å². The first-order valence-electron chi connectivity index (χ1n) is 13.4. The van der Waals surface area contributed by atoms with E-state index in [2.05, 4.69) is 26.3 Å². The fourth-order valence-electron chi connectivity index (χ4n) is 5.11. The maximum Gasteiger partial charge on any atom is 0.255 e. The number of hydrogen-bond donors (Lipinski definition) is 2. The first-order valence-corrected chi connectivity index (χ1v) is 15.2. The number of aryl methyl sites for hydroxylation is 1. The van der Waals surface area contributed by atoms with Gasteiger partial charge in [-0.1, -0.05) is 0 Å². The zero-order valence-corrected chi connectivity index (χ0v) is 24.9. The van der Waals surface area contributed by atoms with Crippen LogP contribution in [0.5, 0.6) is 0 Å². The number of halogens is 1. The Bertz CT molecular complexity index is 2270. The number of sulfonamides is 1. The van der Waals surface area contributed by atoms with Crippen molar-refractivity contribution in [1.82, 2.24) is 20.3 Å². The number of pyridine rings is 1. The molecule has 0 radical (unpaired) electrons. The summed E-state index contributed by atoms with van der Waals surface area (Å²) in [5.74, 6) is -0.225. The van der Waals surface area contributed by atoms with Crippen molar-refractivity contribution >= 4 is 43.8 Å². The van der Waals surface area contributed by atoms with E-state index in [4.69, 9.17) is 4.42 Å². The molecule has 6 rings (SSSR count). The summed E-state index contributed by atoms with van der Waals surface area (Å²) < 4.78 is 46.6. The number of benzene rings is 3. The van der Waals surface area contributed by atoms with E-state index in [9.17, 15) is 22.9 Å². The molecular weight excluding hydrogens is 583 g/mol. The van der Waals surface area contributed by atoms with Gasteiger partial charge in [0.25, 0.3) is 5.91 Å². The second-order valence-electron chi connectivity index (χ2n) is 10.3. The van der Waals surface area contributed by atoms with Crippen LogP contribution >= 0.6 is 0 Å². The van der Waals surface area contributed by atoms with Crippen molar-refractivity contribution in [2.24, 2.45) is 0 Å². The predicted molar refractivity (Wildman–Crippen MR) is 166 cm³/mol. The minimum absolute atomic E-state index is 0.194. The Hall–Kier alpha value is -5.54. The van der Waals surface area contributed by atoms with E-state index < -0.39 is 21.7 Å². The average Bonchev–Trinajstić information content (AvgIpc) is 3.62. The summed E-state index contributed by atoms with van der Waals surface area (Å²) in [6.07, 6.45) is 2.74. The number of nitrogens with one attached hydrogen (secondary N) is 2. The van der Waals surface area contributed by atoms with Crippen molar-refractivity contribution in [3.8, 4) is 39.9 Å². The number of furan rings is 1.